The van der Waals surface area contributed by atoms with Crippen LogP contribution in [-0.4, -0.2) is 43.7 Å². The first kappa shape index (κ1) is 17.4. The Morgan fingerprint density at radius 3 is 2.88 bits per heavy atom. The molecule has 1 heterocycles. The van der Waals surface area contributed by atoms with Crippen LogP contribution in [0.4, 0.5) is 5.69 Å². The van der Waals surface area contributed by atoms with Gasteiger partial charge in [0.1, 0.15) is 0 Å². The Balaban J connectivity index is 1.60. The molecule has 2 fully saturated rings. The van der Waals surface area contributed by atoms with Gasteiger partial charge in [-0.1, -0.05) is 24.1 Å². The van der Waals surface area contributed by atoms with Crippen molar-refractivity contribution in [3.63, 3.8) is 0 Å². The molecule has 1 spiro atoms. The highest BCUT2D eigenvalue weighted by atomic mass is 16.5. The number of piperidine rings is 1. The lowest BCUT2D eigenvalue weighted by atomic mass is 9.76. The molecule has 1 aromatic rings. The van der Waals surface area contributed by atoms with Gasteiger partial charge in [-0.05, 0) is 57.7 Å². The minimum atomic E-state index is 0.0889. The number of hydrogen-bond donors (Lipinski definition) is 1. The van der Waals surface area contributed by atoms with Gasteiger partial charge < -0.3 is 10.1 Å². The topological polar surface area (TPSA) is 41.6 Å². The van der Waals surface area contributed by atoms with Crippen molar-refractivity contribution in [1.29, 1.82) is 0 Å². The van der Waals surface area contributed by atoms with Gasteiger partial charge in [0.05, 0.1) is 12.6 Å². The van der Waals surface area contributed by atoms with Crippen molar-refractivity contribution in [1.82, 2.24) is 4.90 Å². The predicted molar refractivity (Wildman–Crippen MR) is 97.3 cm³/mol. The van der Waals surface area contributed by atoms with Gasteiger partial charge in [0, 0.05) is 24.8 Å². The van der Waals surface area contributed by atoms with E-state index < -0.39 is 0 Å². The normalized spacial score (nSPS) is 27.5. The molecule has 2 aliphatic rings. The Labute approximate surface area is 145 Å². The summed E-state index contributed by atoms with van der Waals surface area (Å²) < 4.78 is 5.75. The second-order valence-corrected chi connectivity index (χ2v) is 7.66. The summed E-state index contributed by atoms with van der Waals surface area (Å²) in [5.74, 6) is 0.0889. The minimum Gasteiger partial charge on any atom is -0.381 e. The van der Waals surface area contributed by atoms with Gasteiger partial charge in [-0.25, -0.2) is 0 Å². The molecule has 0 unspecified atom stereocenters. The van der Waals surface area contributed by atoms with E-state index in [1.165, 1.54) is 31.2 Å². The van der Waals surface area contributed by atoms with Gasteiger partial charge in [-0.3, -0.25) is 9.69 Å². The Hall–Kier alpha value is -1.39. The maximum absolute atomic E-state index is 12.5. The predicted octanol–water partition coefficient (Wildman–Crippen LogP) is 3.52. The standard InChI is InChI=1S/C20H30N2O2/c1-15-7-8-17(16(2)12-15)21-19(23)13-22-11-5-10-20(14-22)9-4-6-18(20)24-3/h7-8,12,18H,4-6,9-11,13-14H2,1-3H3,(H,21,23)/t18-,20+/m1/s1. The molecule has 132 valence electrons. The number of nitrogens with zero attached hydrogens (tertiary/aromatic N) is 1. The maximum atomic E-state index is 12.5. The monoisotopic (exact) mass is 330 g/mol. The lowest BCUT2D eigenvalue weighted by Crippen LogP contribution is -2.49. The van der Waals surface area contributed by atoms with Gasteiger partial charge in [-0.2, -0.15) is 0 Å². The summed E-state index contributed by atoms with van der Waals surface area (Å²) in [5, 5.41) is 3.08. The van der Waals surface area contributed by atoms with E-state index in [1.807, 2.05) is 26.2 Å². The Kier molecular flexibility index (Phi) is 5.26. The van der Waals surface area contributed by atoms with Crippen molar-refractivity contribution in [2.75, 3.05) is 32.1 Å². The summed E-state index contributed by atoms with van der Waals surface area (Å²) in [7, 11) is 1.84. The highest BCUT2D eigenvalue weighted by Gasteiger charge is 2.45. The van der Waals surface area contributed by atoms with Crippen LogP contribution in [0, 0.1) is 19.3 Å². The Morgan fingerprint density at radius 1 is 1.33 bits per heavy atom. The molecule has 2 atom stereocenters. The number of anilines is 1. The molecule has 1 amide bonds. The molecule has 3 rings (SSSR count). The van der Waals surface area contributed by atoms with Crippen LogP contribution in [0.5, 0.6) is 0 Å². The fraction of sp³-hybridized carbons (Fsp3) is 0.650. The van der Waals surface area contributed by atoms with Crippen LogP contribution in [0.1, 0.15) is 43.2 Å². The van der Waals surface area contributed by atoms with Crippen LogP contribution in [0.2, 0.25) is 0 Å². The zero-order valence-electron chi connectivity index (χ0n) is 15.2. The number of likely N-dealkylation sites (tertiary alicyclic amines) is 1. The Bertz CT molecular complexity index is 601. The number of amides is 1. The largest absolute Gasteiger partial charge is 0.381 e. The van der Waals surface area contributed by atoms with Gasteiger partial charge in [-0.15, -0.1) is 0 Å². The number of hydrogen-bond acceptors (Lipinski definition) is 3. The van der Waals surface area contributed by atoms with E-state index in [-0.39, 0.29) is 11.3 Å². The molecule has 4 nitrogen and oxygen atoms in total. The van der Waals surface area contributed by atoms with Gasteiger partial charge in [0.25, 0.3) is 0 Å². The van der Waals surface area contributed by atoms with Gasteiger partial charge in [0.15, 0.2) is 0 Å². The van der Waals surface area contributed by atoms with E-state index in [1.54, 1.807) is 0 Å². The first-order chi connectivity index (χ1) is 11.5. The molecule has 1 aromatic carbocycles. The summed E-state index contributed by atoms with van der Waals surface area (Å²) in [5.41, 5.74) is 3.53. The van der Waals surface area contributed by atoms with E-state index >= 15 is 0 Å². The quantitative estimate of drug-likeness (QED) is 0.918. The molecule has 1 aliphatic carbocycles. The third kappa shape index (κ3) is 3.65. The van der Waals surface area contributed by atoms with Crippen molar-refractivity contribution in [2.45, 2.75) is 52.1 Å². The van der Waals surface area contributed by atoms with Crippen molar-refractivity contribution in [3.8, 4) is 0 Å². The number of aryl methyl sites for hydroxylation is 2. The first-order valence-electron chi connectivity index (χ1n) is 9.15. The van der Waals surface area contributed by atoms with Crippen LogP contribution in [-0.2, 0) is 9.53 Å². The van der Waals surface area contributed by atoms with Crippen molar-refractivity contribution in [3.05, 3.63) is 29.3 Å². The first-order valence-corrected chi connectivity index (χ1v) is 9.15. The molecule has 24 heavy (non-hydrogen) atoms. The van der Waals surface area contributed by atoms with Crippen LogP contribution in [0.25, 0.3) is 0 Å². The molecule has 0 aromatic heterocycles. The fourth-order valence-electron chi connectivity index (χ4n) is 4.68. The number of methoxy groups -OCH3 is 1. The highest BCUT2D eigenvalue weighted by Crippen LogP contribution is 2.46. The highest BCUT2D eigenvalue weighted by molar-refractivity contribution is 5.93. The van der Waals surface area contributed by atoms with Crippen LogP contribution < -0.4 is 5.32 Å². The van der Waals surface area contributed by atoms with Crippen molar-refractivity contribution >= 4 is 11.6 Å². The number of ether oxygens (including phenoxy) is 1. The van der Waals surface area contributed by atoms with E-state index in [9.17, 15) is 4.79 Å². The second-order valence-electron chi connectivity index (χ2n) is 7.66. The van der Waals surface area contributed by atoms with Crippen LogP contribution in [0.3, 0.4) is 0 Å². The molecule has 0 radical (unpaired) electrons. The van der Waals surface area contributed by atoms with E-state index in [0.29, 0.717) is 12.6 Å². The molecule has 1 aliphatic heterocycles. The van der Waals surface area contributed by atoms with Crippen molar-refractivity contribution in [2.24, 2.45) is 5.41 Å². The molecule has 0 bridgehead atoms. The average Bonchev–Trinajstić information content (AvgIpc) is 2.92. The second kappa shape index (κ2) is 7.24. The number of nitrogens with one attached hydrogen (secondary N) is 1. The minimum absolute atomic E-state index is 0.0889. The zero-order chi connectivity index (χ0) is 17.2. The lowest BCUT2D eigenvalue weighted by Gasteiger charge is -2.43. The number of rotatable bonds is 4. The number of carbonyl (C=O) groups is 1. The van der Waals surface area contributed by atoms with E-state index in [2.05, 4.69) is 23.2 Å². The summed E-state index contributed by atoms with van der Waals surface area (Å²) in [6.45, 7) is 6.59. The SMILES string of the molecule is CO[C@@H]1CCC[C@@]12CCCN(CC(=O)Nc1ccc(C)cc1C)C2. The van der Waals surface area contributed by atoms with Crippen LogP contribution in [0.15, 0.2) is 18.2 Å². The maximum Gasteiger partial charge on any atom is 0.238 e. The zero-order valence-corrected chi connectivity index (χ0v) is 15.2. The van der Waals surface area contributed by atoms with Gasteiger partial charge in [0.2, 0.25) is 5.91 Å². The number of carbonyl (C=O) groups excluding carboxylic acids is 1. The number of benzene rings is 1. The third-order valence-corrected chi connectivity index (χ3v) is 5.82. The fourth-order valence-corrected chi connectivity index (χ4v) is 4.68. The molecule has 1 saturated heterocycles. The van der Waals surface area contributed by atoms with Crippen LogP contribution >= 0.6 is 0 Å². The summed E-state index contributed by atoms with van der Waals surface area (Å²) in [6.07, 6.45) is 6.42. The molecule has 4 heteroatoms. The third-order valence-electron chi connectivity index (χ3n) is 5.82. The molecular formula is C20H30N2O2. The molecule has 1 saturated carbocycles. The summed E-state index contributed by atoms with van der Waals surface area (Å²) in [6, 6.07) is 6.14. The smallest absolute Gasteiger partial charge is 0.238 e. The molecular weight excluding hydrogens is 300 g/mol. The lowest BCUT2D eigenvalue weighted by molar-refractivity contribution is -0.119. The van der Waals surface area contributed by atoms with Gasteiger partial charge >= 0.3 is 0 Å². The van der Waals surface area contributed by atoms with Crippen molar-refractivity contribution < 1.29 is 9.53 Å². The van der Waals surface area contributed by atoms with E-state index in [0.717, 1.165) is 30.8 Å². The summed E-state index contributed by atoms with van der Waals surface area (Å²) >= 11 is 0. The molecule has 1 N–H and O–H groups in total. The summed E-state index contributed by atoms with van der Waals surface area (Å²) in [4.78, 5) is 14.8. The van der Waals surface area contributed by atoms with E-state index in [4.69, 9.17) is 4.74 Å². The Morgan fingerprint density at radius 2 is 2.12 bits per heavy atom. The average molecular weight is 330 g/mol.